The number of hydrogen-bond acceptors (Lipinski definition) is 4. The van der Waals surface area contributed by atoms with Crippen molar-refractivity contribution in [2.45, 2.75) is 0 Å². The second kappa shape index (κ2) is 4.82. The van der Waals surface area contributed by atoms with Gasteiger partial charge in [0.15, 0.2) is 0 Å². The number of hydrogen-bond donors (Lipinski definition) is 2. The summed E-state index contributed by atoms with van der Waals surface area (Å²) in [5.74, 6) is 0. The molecule has 0 atom stereocenters. The van der Waals surface area contributed by atoms with Gasteiger partial charge in [0.1, 0.15) is 0 Å². The Morgan fingerprint density at radius 1 is 1.50 bits per heavy atom. The van der Waals surface area contributed by atoms with Crippen LogP contribution in [-0.2, 0) is 13.6 Å². The van der Waals surface area contributed by atoms with Gasteiger partial charge < -0.3 is 14.2 Å². The Balaban J connectivity index is 3.70. The molecule has 0 aliphatic rings. The van der Waals surface area contributed by atoms with Gasteiger partial charge in [-0.05, 0) is 0 Å². The predicted octanol–water partition coefficient (Wildman–Crippen LogP) is -0.0308. The molecule has 0 aromatic heterocycles. The van der Waals surface area contributed by atoms with Gasteiger partial charge in [-0.2, -0.15) is 0 Å². The molecule has 0 aliphatic heterocycles. The van der Waals surface area contributed by atoms with Gasteiger partial charge >= 0.3 is 7.75 Å². The van der Waals surface area contributed by atoms with Gasteiger partial charge in [0.25, 0.3) is 0 Å². The fourth-order valence-corrected chi connectivity index (χ4v) is 1.17. The largest absolute Gasteiger partial charge is 0.405 e. The maximum absolute atomic E-state index is 11.0. The Morgan fingerprint density at radius 2 is 2.00 bits per heavy atom. The average molecular weight is 169 g/mol. The molecule has 0 saturated heterocycles. The third kappa shape index (κ3) is 3.29. The molecule has 0 aromatic rings. The van der Waals surface area contributed by atoms with Gasteiger partial charge in [0, 0.05) is 20.8 Å². The Morgan fingerprint density at radius 3 is 2.30 bits per heavy atom. The molecule has 6 heteroatoms. The summed E-state index contributed by atoms with van der Waals surface area (Å²) in [5, 5.41) is 10.7. The lowest BCUT2D eigenvalue weighted by Crippen LogP contribution is -2.16. The molecule has 10 heavy (non-hydrogen) atoms. The summed E-state index contributed by atoms with van der Waals surface area (Å²) in [6.45, 7) is 0.0929. The summed E-state index contributed by atoms with van der Waals surface area (Å²) in [4.78, 5) is 0. The van der Waals surface area contributed by atoms with Crippen LogP contribution < -0.4 is 5.09 Å². The Bertz CT molecular complexity index is 120. The minimum atomic E-state index is -3.11. The van der Waals surface area contributed by atoms with E-state index >= 15 is 0 Å². The van der Waals surface area contributed by atoms with Crippen molar-refractivity contribution < 1.29 is 18.7 Å². The molecule has 0 heterocycles. The highest BCUT2D eigenvalue weighted by atomic mass is 31.2. The number of rotatable bonds is 5. The van der Waals surface area contributed by atoms with Crippen molar-refractivity contribution in [2.75, 3.05) is 27.4 Å². The van der Waals surface area contributed by atoms with Gasteiger partial charge in [-0.15, -0.1) is 0 Å². The molecular weight excluding hydrogens is 157 g/mol. The third-order valence-electron chi connectivity index (χ3n) is 0.898. The molecule has 0 bridgehead atoms. The van der Waals surface area contributed by atoms with Crippen LogP contribution in [0.5, 0.6) is 0 Å². The Labute approximate surface area is 59.9 Å². The molecule has 0 aliphatic carbocycles. The van der Waals surface area contributed by atoms with E-state index in [-0.39, 0.29) is 13.2 Å². The molecule has 2 N–H and O–H groups in total. The lowest BCUT2D eigenvalue weighted by molar-refractivity contribution is 0.251. The first kappa shape index (κ1) is 10.1. The monoisotopic (exact) mass is 169 g/mol. The number of aliphatic hydroxyl groups is 1. The molecule has 0 fully saturated rings. The fourth-order valence-electron chi connectivity index (χ4n) is 0.391. The molecule has 0 saturated carbocycles. The van der Waals surface area contributed by atoms with E-state index in [1.165, 1.54) is 14.2 Å². The molecule has 0 aromatic carbocycles. The Kier molecular flexibility index (Phi) is 4.85. The van der Waals surface area contributed by atoms with Crippen molar-refractivity contribution >= 4 is 7.75 Å². The van der Waals surface area contributed by atoms with E-state index < -0.39 is 7.75 Å². The van der Waals surface area contributed by atoms with Crippen LogP contribution in [0.1, 0.15) is 0 Å². The van der Waals surface area contributed by atoms with Crippen LogP contribution in [-0.4, -0.2) is 32.5 Å². The van der Waals surface area contributed by atoms with Crippen molar-refractivity contribution in [3.63, 3.8) is 0 Å². The van der Waals surface area contributed by atoms with Gasteiger partial charge in [-0.25, -0.2) is 9.65 Å². The number of aliphatic hydroxyl groups excluding tert-OH is 1. The predicted molar refractivity (Wildman–Crippen MR) is 36.7 cm³/mol. The molecule has 0 radical (unpaired) electrons. The molecular formula is C4H12NO4P. The van der Waals surface area contributed by atoms with E-state index in [9.17, 15) is 4.57 Å². The smallest absolute Gasteiger partial charge is 0.395 e. The highest BCUT2D eigenvalue weighted by Gasteiger charge is 2.18. The first-order valence-electron chi connectivity index (χ1n) is 2.76. The first-order chi connectivity index (χ1) is 4.68. The third-order valence-corrected chi connectivity index (χ3v) is 2.47. The van der Waals surface area contributed by atoms with Gasteiger partial charge in [0.05, 0.1) is 6.61 Å². The van der Waals surface area contributed by atoms with Crippen LogP contribution in [0.4, 0.5) is 0 Å². The lowest BCUT2D eigenvalue weighted by atomic mass is 10.8. The SMILES string of the molecule is COP(=O)(NCCO)OC. The van der Waals surface area contributed by atoms with Gasteiger partial charge in [0.2, 0.25) is 0 Å². The number of nitrogens with one attached hydrogen (secondary N) is 1. The molecule has 62 valence electrons. The summed E-state index contributed by atoms with van der Waals surface area (Å²) in [5.41, 5.74) is 0. The summed E-state index contributed by atoms with van der Waals surface area (Å²) in [7, 11) is -0.563. The van der Waals surface area contributed by atoms with E-state index in [0.717, 1.165) is 0 Å². The van der Waals surface area contributed by atoms with Crippen LogP contribution >= 0.6 is 7.75 Å². The van der Waals surface area contributed by atoms with Gasteiger partial charge in [-0.3, -0.25) is 0 Å². The van der Waals surface area contributed by atoms with Crippen LogP contribution in [0.3, 0.4) is 0 Å². The van der Waals surface area contributed by atoms with Crippen LogP contribution in [0.2, 0.25) is 0 Å². The maximum atomic E-state index is 11.0. The summed E-state index contributed by atoms with van der Waals surface area (Å²) >= 11 is 0. The lowest BCUT2D eigenvalue weighted by Gasteiger charge is -2.12. The van der Waals surface area contributed by atoms with E-state index in [1.54, 1.807) is 0 Å². The first-order valence-corrected chi connectivity index (χ1v) is 4.30. The molecule has 0 spiro atoms. The van der Waals surface area contributed by atoms with Gasteiger partial charge in [-0.1, -0.05) is 0 Å². The molecule has 0 rings (SSSR count). The average Bonchev–Trinajstić information content (AvgIpc) is 2.00. The van der Waals surface area contributed by atoms with Crippen LogP contribution in [0, 0.1) is 0 Å². The van der Waals surface area contributed by atoms with Crippen LogP contribution in [0.25, 0.3) is 0 Å². The Hall–Kier alpha value is 0.0700. The van der Waals surface area contributed by atoms with E-state index in [0.29, 0.717) is 0 Å². The van der Waals surface area contributed by atoms with Crippen LogP contribution in [0.15, 0.2) is 0 Å². The summed E-state index contributed by atoms with van der Waals surface area (Å²) < 4.78 is 20.0. The highest BCUT2D eigenvalue weighted by Crippen LogP contribution is 2.40. The minimum absolute atomic E-state index is 0.100. The van der Waals surface area contributed by atoms with E-state index in [1.807, 2.05) is 0 Å². The zero-order chi connectivity index (χ0) is 8.04. The summed E-state index contributed by atoms with van der Waals surface area (Å²) in [6, 6.07) is 0. The van der Waals surface area contributed by atoms with Crippen molar-refractivity contribution in [1.29, 1.82) is 0 Å². The molecule has 0 unspecified atom stereocenters. The fraction of sp³-hybridized carbons (Fsp3) is 1.00. The normalized spacial score (nSPS) is 11.9. The molecule has 5 nitrogen and oxygen atoms in total. The maximum Gasteiger partial charge on any atom is 0.405 e. The topological polar surface area (TPSA) is 67.8 Å². The zero-order valence-electron chi connectivity index (χ0n) is 6.03. The van der Waals surface area contributed by atoms with Crippen molar-refractivity contribution in [3.8, 4) is 0 Å². The van der Waals surface area contributed by atoms with Crippen molar-refractivity contribution in [2.24, 2.45) is 0 Å². The minimum Gasteiger partial charge on any atom is -0.395 e. The van der Waals surface area contributed by atoms with E-state index in [2.05, 4.69) is 14.1 Å². The summed E-state index contributed by atoms with van der Waals surface area (Å²) in [6.07, 6.45) is 0. The van der Waals surface area contributed by atoms with Crippen molar-refractivity contribution in [1.82, 2.24) is 5.09 Å². The van der Waals surface area contributed by atoms with Crippen molar-refractivity contribution in [3.05, 3.63) is 0 Å². The standard InChI is InChI=1S/C4H12NO4P/c1-8-10(7,9-2)5-3-4-6/h6H,3-4H2,1-2H3,(H,5,7). The highest BCUT2D eigenvalue weighted by molar-refractivity contribution is 7.51. The second-order valence-electron chi connectivity index (χ2n) is 1.49. The quantitative estimate of drug-likeness (QED) is 0.565. The van der Waals surface area contributed by atoms with E-state index in [4.69, 9.17) is 5.11 Å². The zero-order valence-corrected chi connectivity index (χ0v) is 6.93. The molecule has 0 amide bonds. The second-order valence-corrected chi connectivity index (χ2v) is 3.54.